The highest BCUT2D eigenvalue weighted by Gasteiger charge is 2.43. The van der Waals surface area contributed by atoms with Crippen LogP contribution in [0.1, 0.15) is 27.7 Å². The van der Waals surface area contributed by atoms with E-state index in [0.717, 1.165) is 0 Å². The fraction of sp³-hybridized carbons (Fsp3) is 0.714. The van der Waals surface area contributed by atoms with Gasteiger partial charge in [0.05, 0.1) is 5.92 Å². The molecule has 0 aromatic heterocycles. The monoisotopic (exact) mass is 334 g/mol. The third-order valence-corrected chi connectivity index (χ3v) is 3.40. The van der Waals surface area contributed by atoms with Crippen molar-refractivity contribution in [3.63, 3.8) is 0 Å². The highest BCUT2D eigenvalue weighted by molar-refractivity contribution is 5.87. The summed E-state index contributed by atoms with van der Waals surface area (Å²) >= 11 is 0. The second-order valence-electron chi connectivity index (χ2n) is 5.86. The van der Waals surface area contributed by atoms with Crippen molar-refractivity contribution in [3.8, 4) is 0 Å². The van der Waals surface area contributed by atoms with Gasteiger partial charge in [0.15, 0.2) is 6.10 Å². The average molecular weight is 334 g/mol. The normalized spacial score (nSPS) is 16.5. The third-order valence-electron chi connectivity index (χ3n) is 3.40. The number of aliphatic hydroxyl groups excluding tert-OH is 1. The number of carboxylic acid groups (broad SMARTS) is 3. The van der Waals surface area contributed by atoms with Gasteiger partial charge in [0, 0.05) is 0 Å². The third kappa shape index (κ3) is 5.51. The molecule has 0 spiro atoms. The van der Waals surface area contributed by atoms with Crippen LogP contribution in [-0.4, -0.2) is 56.5 Å². The summed E-state index contributed by atoms with van der Waals surface area (Å²) in [6.07, 6.45) is -4.13. The summed E-state index contributed by atoms with van der Waals surface area (Å²) in [5.41, 5.74) is 0. The first-order valence-corrected chi connectivity index (χ1v) is 6.98. The van der Waals surface area contributed by atoms with Crippen LogP contribution in [0.25, 0.3) is 0 Å². The molecule has 0 radical (unpaired) electrons. The van der Waals surface area contributed by atoms with Gasteiger partial charge in [-0.25, -0.2) is 9.59 Å². The molecule has 0 aromatic carbocycles. The number of esters is 1. The molecule has 0 saturated carbocycles. The van der Waals surface area contributed by atoms with Crippen LogP contribution in [0.4, 0.5) is 0 Å². The predicted octanol–water partition coefficient (Wildman–Crippen LogP) is 0.0573. The summed E-state index contributed by atoms with van der Waals surface area (Å²) in [5, 5.41) is 37.0. The first-order valence-electron chi connectivity index (χ1n) is 6.98. The van der Waals surface area contributed by atoms with Crippen LogP contribution in [0, 0.1) is 23.7 Å². The molecule has 9 nitrogen and oxygen atoms in total. The molecule has 0 amide bonds. The van der Waals surface area contributed by atoms with E-state index in [4.69, 9.17) is 15.3 Å². The van der Waals surface area contributed by atoms with Crippen LogP contribution in [-0.2, 0) is 23.9 Å². The Morgan fingerprint density at radius 1 is 0.739 bits per heavy atom. The molecule has 0 aliphatic carbocycles. The quantitative estimate of drug-likeness (QED) is 0.427. The zero-order valence-corrected chi connectivity index (χ0v) is 13.3. The zero-order chi connectivity index (χ0) is 18.5. The standard InChI is InChI=1S/C14H22O9/c1-5(2)7(11(16)17)9(15)14(22)23-10(13(20)21)8(6(3)4)12(18)19/h5-10,15H,1-4H3,(H,16,17)(H,18,19)(H,20,21)/t7-,8-,9+,10+/m0/s1. The van der Waals surface area contributed by atoms with Gasteiger partial charge in [0.2, 0.25) is 6.10 Å². The molecule has 9 heteroatoms. The average Bonchev–Trinajstić information content (AvgIpc) is 2.35. The summed E-state index contributed by atoms with van der Waals surface area (Å²) in [5.74, 6) is -10.4. The number of carbonyl (C=O) groups is 4. The van der Waals surface area contributed by atoms with Crippen molar-refractivity contribution in [3.05, 3.63) is 0 Å². The minimum Gasteiger partial charge on any atom is -0.481 e. The molecule has 0 bridgehead atoms. The van der Waals surface area contributed by atoms with Crippen LogP contribution in [0.2, 0.25) is 0 Å². The van der Waals surface area contributed by atoms with Gasteiger partial charge < -0.3 is 25.2 Å². The number of carboxylic acids is 3. The van der Waals surface area contributed by atoms with Crippen molar-refractivity contribution in [1.29, 1.82) is 0 Å². The van der Waals surface area contributed by atoms with Gasteiger partial charge in [-0.2, -0.15) is 0 Å². The summed E-state index contributed by atoms with van der Waals surface area (Å²) < 4.78 is 4.61. The molecule has 0 unspecified atom stereocenters. The maximum atomic E-state index is 11.9. The summed E-state index contributed by atoms with van der Waals surface area (Å²) in [7, 11) is 0. The van der Waals surface area contributed by atoms with E-state index in [1.165, 1.54) is 27.7 Å². The molecule has 0 aliphatic heterocycles. The second kappa shape index (κ2) is 8.47. The number of carbonyl (C=O) groups excluding carboxylic acids is 1. The maximum Gasteiger partial charge on any atom is 0.345 e. The first-order chi connectivity index (χ1) is 10.4. The van der Waals surface area contributed by atoms with E-state index in [9.17, 15) is 24.3 Å². The van der Waals surface area contributed by atoms with E-state index >= 15 is 0 Å². The number of aliphatic hydroxyl groups is 1. The lowest BCUT2D eigenvalue weighted by Gasteiger charge is -2.26. The van der Waals surface area contributed by atoms with Crippen LogP contribution in [0.3, 0.4) is 0 Å². The molecular formula is C14H22O9. The lowest BCUT2D eigenvalue weighted by molar-refractivity contribution is -0.183. The Morgan fingerprint density at radius 3 is 1.39 bits per heavy atom. The molecule has 0 aromatic rings. The summed E-state index contributed by atoms with van der Waals surface area (Å²) in [4.78, 5) is 45.3. The van der Waals surface area contributed by atoms with Crippen molar-refractivity contribution < 1.29 is 44.3 Å². The van der Waals surface area contributed by atoms with Crippen LogP contribution < -0.4 is 0 Å². The highest BCUT2D eigenvalue weighted by atomic mass is 16.6. The molecular weight excluding hydrogens is 312 g/mol. The second-order valence-corrected chi connectivity index (χ2v) is 5.86. The molecule has 4 atom stereocenters. The molecule has 132 valence electrons. The number of ether oxygens (including phenoxy) is 1. The van der Waals surface area contributed by atoms with Crippen LogP contribution in [0.5, 0.6) is 0 Å². The van der Waals surface area contributed by atoms with Gasteiger partial charge in [-0.05, 0) is 11.8 Å². The Morgan fingerprint density at radius 2 is 1.13 bits per heavy atom. The van der Waals surface area contributed by atoms with Crippen molar-refractivity contribution in [2.24, 2.45) is 23.7 Å². The van der Waals surface area contributed by atoms with Gasteiger partial charge in [-0.15, -0.1) is 0 Å². The molecule has 0 rings (SSSR count). The molecule has 0 aliphatic rings. The Hall–Kier alpha value is -2.16. The van der Waals surface area contributed by atoms with Gasteiger partial charge in [-0.3, -0.25) is 9.59 Å². The molecule has 0 saturated heterocycles. The predicted molar refractivity (Wildman–Crippen MR) is 75.5 cm³/mol. The number of hydrogen-bond donors (Lipinski definition) is 4. The lowest BCUT2D eigenvalue weighted by Crippen LogP contribution is -2.46. The first kappa shape index (κ1) is 20.8. The van der Waals surface area contributed by atoms with Crippen LogP contribution >= 0.6 is 0 Å². The summed E-state index contributed by atoms with van der Waals surface area (Å²) in [6.45, 7) is 5.79. The maximum absolute atomic E-state index is 11.9. The van der Waals surface area contributed by atoms with Crippen LogP contribution in [0.15, 0.2) is 0 Å². The molecule has 0 heterocycles. The van der Waals surface area contributed by atoms with Gasteiger partial charge in [-0.1, -0.05) is 27.7 Å². The number of rotatable bonds is 9. The summed E-state index contributed by atoms with van der Waals surface area (Å²) in [6, 6.07) is 0. The fourth-order valence-electron chi connectivity index (χ4n) is 2.17. The Balaban J connectivity index is 5.37. The van der Waals surface area contributed by atoms with Crippen molar-refractivity contribution in [2.45, 2.75) is 39.9 Å². The lowest BCUT2D eigenvalue weighted by atomic mass is 9.89. The van der Waals surface area contributed by atoms with E-state index < -0.39 is 59.8 Å². The van der Waals surface area contributed by atoms with Crippen molar-refractivity contribution in [2.75, 3.05) is 0 Å². The smallest absolute Gasteiger partial charge is 0.345 e. The van der Waals surface area contributed by atoms with E-state index in [0.29, 0.717) is 0 Å². The topological polar surface area (TPSA) is 158 Å². The van der Waals surface area contributed by atoms with Crippen molar-refractivity contribution >= 4 is 23.9 Å². The Labute approximate surface area is 132 Å². The van der Waals surface area contributed by atoms with Gasteiger partial charge in [0.1, 0.15) is 5.92 Å². The van der Waals surface area contributed by atoms with Gasteiger partial charge in [0.25, 0.3) is 0 Å². The van der Waals surface area contributed by atoms with E-state index in [2.05, 4.69) is 4.74 Å². The number of aliphatic carboxylic acids is 3. The minimum absolute atomic E-state index is 0.626. The number of hydrogen-bond acceptors (Lipinski definition) is 6. The Bertz CT molecular complexity index is 469. The highest BCUT2D eigenvalue weighted by Crippen LogP contribution is 2.22. The fourth-order valence-corrected chi connectivity index (χ4v) is 2.17. The molecule has 4 N–H and O–H groups in total. The Kier molecular flexibility index (Phi) is 7.67. The molecule has 23 heavy (non-hydrogen) atoms. The van der Waals surface area contributed by atoms with E-state index in [1.54, 1.807) is 0 Å². The van der Waals surface area contributed by atoms with Crippen molar-refractivity contribution in [1.82, 2.24) is 0 Å². The largest absolute Gasteiger partial charge is 0.481 e. The van der Waals surface area contributed by atoms with E-state index in [1.807, 2.05) is 0 Å². The van der Waals surface area contributed by atoms with Gasteiger partial charge >= 0.3 is 23.9 Å². The SMILES string of the molecule is CC(C)[C@H](C(=O)O)[C@@H](O)C(=O)O[C@@H](C(=O)O)[C@@H](C(=O)O)C(C)C. The molecule has 0 fully saturated rings. The minimum atomic E-state index is -2.10. The van der Waals surface area contributed by atoms with E-state index in [-0.39, 0.29) is 0 Å². The zero-order valence-electron chi connectivity index (χ0n) is 13.3.